The van der Waals surface area contributed by atoms with Crippen LogP contribution in [-0.4, -0.2) is 17.9 Å². The molecule has 0 heterocycles. The summed E-state index contributed by atoms with van der Waals surface area (Å²) in [6, 6.07) is 12.1. The van der Waals surface area contributed by atoms with E-state index in [1.807, 2.05) is 37.3 Å². The number of rotatable bonds is 7. The zero-order valence-corrected chi connectivity index (χ0v) is 20.8. The number of halogens is 2. The Morgan fingerprint density at radius 2 is 1.63 bits per heavy atom. The van der Waals surface area contributed by atoms with Gasteiger partial charge >= 0.3 is 0 Å². The fraction of sp³-hybridized carbons (Fsp3) is 0.429. The maximum absolute atomic E-state index is 14.7. The first-order valence-electron chi connectivity index (χ1n) is 12.5. The lowest BCUT2D eigenvalue weighted by atomic mass is 9.90. The van der Waals surface area contributed by atoms with E-state index in [-0.39, 0.29) is 28.8 Å². The van der Waals surface area contributed by atoms with Crippen LogP contribution in [0, 0.1) is 5.82 Å². The molecule has 1 atom stereocenters. The fourth-order valence-electron chi connectivity index (χ4n) is 4.79. The van der Waals surface area contributed by atoms with Crippen molar-refractivity contribution in [3.8, 4) is 5.75 Å². The Kier molecular flexibility index (Phi) is 8.45. The van der Waals surface area contributed by atoms with Crippen LogP contribution >= 0.6 is 11.6 Å². The van der Waals surface area contributed by atoms with Crippen LogP contribution in [0.25, 0.3) is 0 Å². The summed E-state index contributed by atoms with van der Waals surface area (Å²) in [5.74, 6) is -1.00. The molecule has 2 aliphatic rings. The molecule has 4 rings (SSSR count). The summed E-state index contributed by atoms with van der Waals surface area (Å²) in [6.07, 6.45) is 7.88. The van der Waals surface area contributed by atoms with Crippen molar-refractivity contribution in [3.05, 3.63) is 70.0 Å². The average molecular weight is 499 g/mol. The predicted octanol–water partition coefficient (Wildman–Crippen LogP) is 6.88. The first-order valence-corrected chi connectivity index (χ1v) is 12.8. The Bertz CT molecular complexity index is 1100. The monoisotopic (exact) mass is 498 g/mol. The molecule has 0 aromatic heterocycles. The Balaban J connectivity index is 1.50. The molecule has 2 aromatic carbocycles. The Morgan fingerprint density at radius 3 is 2.31 bits per heavy atom. The fourth-order valence-corrected chi connectivity index (χ4v) is 4.99. The van der Waals surface area contributed by atoms with Gasteiger partial charge in [-0.15, -0.1) is 0 Å². The number of hydrogen-bond donors (Lipinski definition) is 2. The highest BCUT2D eigenvalue weighted by Gasteiger charge is 2.26. The summed E-state index contributed by atoms with van der Waals surface area (Å²) in [5, 5.41) is 5.84. The molecule has 186 valence electrons. The van der Waals surface area contributed by atoms with Gasteiger partial charge < -0.3 is 15.4 Å². The molecule has 0 bridgehead atoms. The van der Waals surface area contributed by atoms with Crippen molar-refractivity contribution in [1.82, 2.24) is 5.32 Å². The quantitative estimate of drug-likeness (QED) is 0.437. The normalized spacial score (nSPS) is 17.6. The van der Waals surface area contributed by atoms with Crippen LogP contribution < -0.4 is 15.4 Å². The van der Waals surface area contributed by atoms with E-state index in [1.54, 1.807) is 0 Å². The summed E-state index contributed by atoms with van der Waals surface area (Å²) in [4.78, 5) is 26.3. The molecule has 1 fully saturated rings. The van der Waals surface area contributed by atoms with Crippen molar-refractivity contribution in [2.75, 3.05) is 5.32 Å². The summed E-state index contributed by atoms with van der Waals surface area (Å²) in [7, 11) is 0. The molecule has 7 heteroatoms. The third kappa shape index (κ3) is 6.43. The number of carbonyl (C=O) groups is 2. The number of nitrogens with one attached hydrogen (secondary N) is 2. The van der Waals surface area contributed by atoms with Gasteiger partial charge in [-0.2, -0.15) is 0 Å². The minimum Gasteiger partial charge on any atom is -0.489 e. The van der Waals surface area contributed by atoms with Gasteiger partial charge in [-0.25, -0.2) is 4.39 Å². The second-order valence-corrected chi connectivity index (χ2v) is 9.77. The largest absolute Gasteiger partial charge is 0.489 e. The van der Waals surface area contributed by atoms with Crippen LogP contribution in [0.5, 0.6) is 5.75 Å². The van der Waals surface area contributed by atoms with Crippen molar-refractivity contribution < 1.29 is 18.7 Å². The van der Waals surface area contributed by atoms with E-state index >= 15 is 0 Å². The summed E-state index contributed by atoms with van der Waals surface area (Å²) >= 11 is 6.23. The number of carbonyl (C=O) groups excluding carboxylic acids is 2. The van der Waals surface area contributed by atoms with Crippen molar-refractivity contribution in [2.45, 2.75) is 76.9 Å². The molecule has 0 aliphatic heterocycles. The standard InChI is InChI=1S/C28H32ClFN2O3/c1-18(19-10-4-2-5-11-19)31-27(33)21-14-8-9-15-22(21)28(34)32-25-17-26(23(29)16-24(25)30)35-20-12-6-3-7-13-20/h2,4-5,10-11,16-18,20H,3,6-9,12-15H2,1H3,(H,31,33)(H,32,34). The van der Waals surface area contributed by atoms with Crippen LogP contribution in [0.4, 0.5) is 10.1 Å². The van der Waals surface area contributed by atoms with Gasteiger partial charge in [-0.1, -0.05) is 48.4 Å². The third-order valence-corrected chi connectivity index (χ3v) is 7.07. The van der Waals surface area contributed by atoms with Gasteiger partial charge in [0.25, 0.3) is 5.91 Å². The number of amides is 2. The molecule has 35 heavy (non-hydrogen) atoms. The van der Waals surface area contributed by atoms with E-state index in [9.17, 15) is 14.0 Å². The van der Waals surface area contributed by atoms with Gasteiger partial charge in [-0.3, -0.25) is 9.59 Å². The SMILES string of the molecule is CC(NC(=O)C1=C(C(=O)Nc2cc(OC3CCCCC3)c(Cl)cc2F)CCCC1)c1ccccc1. The number of hydrogen-bond acceptors (Lipinski definition) is 3. The lowest BCUT2D eigenvalue weighted by molar-refractivity contribution is -0.119. The average Bonchev–Trinajstić information content (AvgIpc) is 2.88. The highest BCUT2D eigenvalue weighted by atomic mass is 35.5. The molecule has 2 aliphatic carbocycles. The maximum Gasteiger partial charge on any atom is 0.252 e. The molecule has 5 nitrogen and oxygen atoms in total. The molecule has 0 spiro atoms. The summed E-state index contributed by atoms with van der Waals surface area (Å²) < 4.78 is 20.7. The Hall–Kier alpha value is -2.86. The molecule has 0 radical (unpaired) electrons. The molecular formula is C28H32ClFN2O3. The predicted molar refractivity (Wildman–Crippen MR) is 136 cm³/mol. The van der Waals surface area contributed by atoms with Gasteiger partial charge in [-0.05, 0) is 69.9 Å². The van der Waals surface area contributed by atoms with Gasteiger partial charge in [0.15, 0.2) is 0 Å². The second-order valence-electron chi connectivity index (χ2n) is 9.36. The molecule has 1 saturated carbocycles. The van der Waals surface area contributed by atoms with E-state index in [2.05, 4.69) is 10.6 Å². The van der Waals surface area contributed by atoms with E-state index < -0.39 is 11.7 Å². The second kappa shape index (κ2) is 11.7. The molecular weight excluding hydrogens is 467 g/mol. The van der Waals surface area contributed by atoms with Gasteiger partial charge in [0.05, 0.1) is 22.9 Å². The van der Waals surface area contributed by atoms with Crippen molar-refractivity contribution in [3.63, 3.8) is 0 Å². The third-order valence-electron chi connectivity index (χ3n) is 6.78. The zero-order valence-electron chi connectivity index (χ0n) is 20.0. The first-order chi connectivity index (χ1) is 16.9. The highest BCUT2D eigenvalue weighted by Crippen LogP contribution is 2.34. The zero-order chi connectivity index (χ0) is 24.8. The Labute approximate surface area is 211 Å². The van der Waals surface area contributed by atoms with Crippen LogP contribution in [0.2, 0.25) is 5.02 Å². The summed E-state index contributed by atoms with van der Waals surface area (Å²) in [5.41, 5.74) is 1.85. The first kappa shape index (κ1) is 25.2. The molecule has 2 N–H and O–H groups in total. The van der Waals surface area contributed by atoms with Gasteiger partial charge in [0.2, 0.25) is 5.91 Å². The van der Waals surface area contributed by atoms with E-state index in [0.29, 0.717) is 29.7 Å². The Morgan fingerprint density at radius 1 is 0.971 bits per heavy atom. The van der Waals surface area contributed by atoms with Crippen LogP contribution in [0.15, 0.2) is 53.6 Å². The van der Waals surface area contributed by atoms with Crippen LogP contribution in [0.3, 0.4) is 0 Å². The summed E-state index contributed by atoms with van der Waals surface area (Å²) in [6.45, 7) is 1.91. The van der Waals surface area contributed by atoms with Crippen molar-refractivity contribution in [2.24, 2.45) is 0 Å². The number of anilines is 1. The van der Waals surface area contributed by atoms with Crippen LogP contribution in [0.1, 0.15) is 76.3 Å². The van der Waals surface area contributed by atoms with Crippen molar-refractivity contribution in [1.29, 1.82) is 0 Å². The lowest BCUT2D eigenvalue weighted by Crippen LogP contribution is -2.31. The topological polar surface area (TPSA) is 67.4 Å². The smallest absolute Gasteiger partial charge is 0.252 e. The molecule has 1 unspecified atom stereocenters. The minimum atomic E-state index is -0.639. The molecule has 2 amide bonds. The van der Waals surface area contributed by atoms with Gasteiger partial charge in [0.1, 0.15) is 11.6 Å². The van der Waals surface area contributed by atoms with E-state index in [1.165, 1.54) is 18.6 Å². The van der Waals surface area contributed by atoms with E-state index in [4.69, 9.17) is 16.3 Å². The number of benzene rings is 2. The van der Waals surface area contributed by atoms with Crippen LogP contribution in [-0.2, 0) is 9.59 Å². The minimum absolute atomic E-state index is 0.000643. The maximum atomic E-state index is 14.7. The van der Waals surface area contributed by atoms with E-state index in [0.717, 1.165) is 44.1 Å². The number of ether oxygens (including phenoxy) is 1. The van der Waals surface area contributed by atoms with Gasteiger partial charge in [0, 0.05) is 17.2 Å². The molecule has 0 saturated heterocycles. The molecule has 2 aromatic rings. The van der Waals surface area contributed by atoms with Crippen molar-refractivity contribution >= 4 is 29.1 Å². The lowest BCUT2D eigenvalue weighted by Gasteiger charge is -2.24. The highest BCUT2D eigenvalue weighted by molar-refractivity contribution is 6.32.